The predicted molar refractivity (Wildman–Crippen MR) is 102 cm³/mol. The van der Waals surface area contributed by atoms with Crippen LogP contribution in [0.15, 0.2) is 48.5 Å². The summed E-state index contributed by atoms with van der Waals surface area (Å²) in [7, 11) is 5.81. The monoisotopic (exact) mass is 336 g/mol. The average Bonchev–Trinajstić information content (AvgIpc) is 2.99. The van der Waals surface area contributed by atoms with E-state index in [-0.39, 0.29) is 5.91 Å². The van der Waals surface area contributed by atoms with E-state index in [9.17, 15) is 4.79 Å². The molecule has 130 valence electrons. The van der Waals surface area contributed by atoms with Gasteiger partial charge >= 0.3 is 0 Å². The first-order valence-electron chi connectivity index (χ1n) is 8.45. The summed E-state index contributed by atoms with van der Waals surface area (Å²) in [5.74, 6) is 0.847. The number of amides is 1. The van der Waals surface area contributed by atoms with Crippen molar-refractivity contribution in [1.29, 1.82) is 0 Å². The first-order chi connectivity index (χ1) is 12.0. The third-order valence-corrected chi connectivity index (χ3v) is 4.62. The highest BCUT2D eigenvalue weighted by molar-refractivity contribution is 5.94. The Morgan fingerprint density at radius 1 is 1.16 bits per heavy atom. The molecule has 0 aliphatic rings. The van der Waals surface area contributed by atoms with Gasteiger partial charge in [0.15, 0.2) is 0 Å². The minimum atomic E-state index is -0.0821. The van der Waals surface area contributed by atoms with Gasteiger partial charge in [0.1, 0.15) is 5.82 Å². The van der Waals surface area contributed by atoms with Crippen LogP contribution in [0.4, 0.5) is 0 Å². The van der Waals surface area contributed by atoms with Crippen molar-refractivity contribution in [3.05, 3.63) is 54.1 Å². The number of nitrogens with zero attached hydrogens (tertiary/aromatic N) is 3. The highest BCUT2D eigenvalue weighted by Gasteiger charge is 2.16. The van der Waals surface area contributed by atoms with Crippen LogP contribution < -0.4 is 5.32 Å². The topological polar surface area (TPSA) is 50.2 Å². The first kappa shape index (κ1) is 17.2. The maximum Gasteiger partial charge on any atom is 0.251 e. The van der Waals surface area contributed by atoms with Gasteiger partial charge in [0.25, 0.3) is 5.91 Å². The van der Waals surface area contributed by atoms with Gasteiger partial charge in [0.05, 0.1) is 11.0 Å². The molecule has 1 unspecified atom stereocenters. The highest BCUT2D eigenvalue weighted by Crippen LogP contribution is 2.26. The summed E-state index contributed by atoms with van der Waals surface area (Å²) in [5.41, 5.74) is 3.77. The number of aromatic nitrogens is 2. The largest absolute Gasteiger partial charge is 0.355 e. The van der Waals surface area contributed by atoms with E-state index in [1.54, 1.807) is 7.05 Å². The van der Waals surface area contributed by atoms with Crippen molar-refractivity contribution in [1.82, 2.24) is 19.8 Å². The number of carbonyl (C=O) groups is 1. The number of nitrogens with one attached hydrogen (secondary N) is 1. The summed E-state index contributed by atoms with van der Waals surface area (Å²) in [6.07, 6.45) is 0. The van der Waals surface area contributed by atoms with Crippen LogP contribution in [0.2, 0.25) is 0 Å². The van der Waals surface area contributed by atoms with Crippen molar-refractivity contribution < 1.29 is 4.79 Å². The summed E-state index contributed by atoms with van der Waals surface area (Å²) in [6.45, 7) is 3.05. The van der Waals surface area contributed by atoms with Gasteiger partial charge in [-0.1, -0.05) is 24.3 Å². The van der Waals surface area contributed by atoms with E-state index < -0.39 is 0 Å². The van der Waals surface area contributed by atoms with Crippen molar-refractivity contribution in [2.24, 2.45) is 0 Å². The molecule has 3 rings (SSSR count). The predicted octanol–water partition coefficient (Wildman–Crippen LogP) is 3.01. The Kier molecular flexibility index (Phi) is 4.86. The third kappa shape index (κ3) is 3.42. The second-order valence-corrected chi connectivity index (χ2v) is 6.50. The Labute approximate surface area is 148 Å². The van der Waals surface area contributed by atoms with Gasteiger partial charge in [-0.25, -0.2) is 4.98 Å². The lowest BCUT2D eigenvalue weighted by Crippen LogP contribution is -2.29. The fourth-order valence-corrected chi connectivity index (χ4v) is 2.82. The molecule has 3 aromatic rings. The van der Waals surface area contributed by atoms with Gasteiger partial charge in [0.2, 0.25) is 0 Å². The lowest BCUT2D eigenvalue weighted by atomic mass is 10.1. The van der Waals surface area contributed by atoms with E-state index in [0.717, 1.165) is 29.0 Å². The van der Waals surface area contributed by atoms with Crippen LogP contribution in [-0.2, 0) is 6.54 Å². The van der Waals surface area contributed by atoms with Crippen LogP contribution in [0.3, 0.4) is 0 Å². The second kappa shape index (κ2) is 7.07. The number of benzene rings is 2. The summed E-state index contributed by atoms with van der Waals surface area (Å²) in [5, 5.41) is 2.65. The molecule has 5 nitrogen and oxygen atoms in total. The minimum absolute atomic E-state index is 0.0821. The molecule has 0 saturated carbocycles. The van der Waals surface area contributed by atoms with Crippen molar-refractivity contribution in [2.45, 2.75) is 19.5 Å². The molecular formula is C20H24N4O. The standard InChI is InChI=1S/C20H24N4O/c1-14(23(3)4)13-24-18-8-6-5-7-17(18)22-19(24)15-9-11-16(12-10-15)20(25)21-2/h5-12,14H,13H2,1-4H3,(H,21,25). The van der Waals surface area contributed by atoms with Crippen LogP contribution in [-0.4, -0.2) is 47.5 Å². The molecule has 2 aromatic carbocycles. The van der Waals surface area contributed by atoms with E-state index in [4.69, 9.17) is 4.98 Å². The number of carbonyl (C=O) groups excluding carboxylic acids is 1. The summed E-state index contributed by atoms with van der Waals surface area (Å²) >= 11 is 0. The number of imidazole rings is 1. The van der Waals surface area contributed by atoms with Gasteiger partial charge < -0.3 is 14.8 Å². The number of likely N-dealkylation sites (N-methyl/N-ethyl adjacent to an activating group) is 1. The van der Waals surface area contributed by atoms with E-state index >= 15 is 0 Å². The van der Waals surface area contributed by atoms with Crippen LogP contribution in [0, 0.1) is 0 Å². The lowest BCUT2D eigenvalue weighted by Gasteiger charge is -2.22. The fraction of sp³-hybridized carbons (Fsp3) is 0.300. The number of hydrogen-bond donors (Lipinski definition) is 1. The summed E-state index contributed by atoms with van der Waals surface area (Å²) < 4.78 is 2.26. The molecular weight excluding hydrogens is 312 g/mol. The lowest BCUT2D eigenvalue weighted by molar-refractivity contribution is 0.0963. The Hall–Kier alpha value is -2.66. The molecule has 0 radical (unpaired) electrons. The highest BCUT2D eigenvalue weighted by atomic mass is 16.1. The molecule has 1 N–H and O–H groups in total. The number of rotatable bonds is 5. The molecule has 0 spiro atoms. The zero-order valence-corrected chi connectivity index (χ0v) is 15.2. The van der Waals surface area contributed by atoms with Crippen LogP contribution in [0.1, 0.15) is 17.3 Å². The van der Waals surface area contributed by atoms with Crippen molar-refractivity contribution in [2.75, 3.05) is 21.1 Å². The number of hydrogen-bond acceptors (Lipinski definition) is 3. The Morgan fingerprint density at radius 2 is 1.84 bits per heavy atom. The van der Waals surface area contributed by atoms with E-state index in [2.05, 4.69) is 41.9 Å². The third-order valence-electron chi connectivity index (χ3n) is 4.62. The Balaban J connectivity index is 2.07. The maximum absolute atomic E-state index is 11.8. The van der Waals surface area contributed by atoms with Crippen molar-refractivity contribution in [3.63, 3.8) is 0 Å². The summed E-state index contributed by atoms with van der Waals surface area (Å²) in [6, 6.07) is 16.2. The van der Waals surface area contributed by atoms with Crippen LogP contribution >= 0.6 is 0 Å². The normalized spacial score (nSPS) is 12.5. The quantitative estimate of drug-likeness (QED) is 0.779. The molecule has 0 aliphatic heterocycles. The van der Waals surface area contributed by atoms with Crippen LogP contribution in [0.25, 0.3) is 22.4 Å². The van der Waals surface area contributed by atoms with Crippen molar-refractivity contribution in [3.8, 4) is 11.4 Å². The molecule has 1 heterocycles. The molecule has 25 heavy (non-hydrogen) atoms. The van der Waals surface area contributed by atoms with E-state index in [1.807, 2.05) is 42.5 Å². The number of para-hydroxylation sites is 2. The van der Waals surface area contributed by atoms with Crippen LogP contribution in [0.5, 0.6) is 0 Å². The van der Waals surface area contributed by atoms with Gasteiger partial charge in [0, 0.05) is 30.8 Å². The van der Waals surface area contributed by atoms with Gasteiger partial charge in [-0.05, 0) is 45.3 Å². The van der Waals surface area contributed by atoms with E-state index in [0.29, 0.717) is 11.6 Å². The maximum atomic E-state index is 11.8. The smallest absolute Gasteiger partial charge is 0.251 e. The zero-order chi connectivity index (χ0) is 18.0. The second-order valence-electron chi connectivity index (χ2n) is 6.50. The zero-order valence-electron chi connectivity index (χ0n) is 15.2. The molecule has 0 saturated heterocycles. The molecule has 5 heteroatoms. The van der Waals surface area contributed by atoms with Gasteiger partial charge in [-0.2, -0.15) is 0 Å². The molecule has 0 aliphatic carbocycles. The fourth-order valence-electron chi connectivity index (χ4n) is 2.82. The summed E-state index contributed by atoms with van der Waals surface area (Å²) in [4.78, 5) is 18.8. The van der Waals surface area contributed by atoms with Gasteiger partial charge in [-0.15, -0.1) is 0 Å². The number of fused-ring (bicyclic) bond motifs is 1. The van der Waals surface area contributed by atoms with Crippen molar-refractivity contribution >= 4 is 16.9 Å². The molecule has 1 aromatic heterocycles. The SMILES string of the molecule is CNC(=O)c1ccc(-c2nc3ccccc3n2CC(C)N(C)C)cc1. The first-order valence-corrected chi connectivity index (χ1v) is 8.45. The Bertz CT molecular complexity index is 880. The Morgan fingerprint density at radius 3 is 2.48 bits per heavy atom. The van der Waals surface area contributed by atoms with Gasteiger partial charge in [-0.3, -0.25) is 4.79 Å². The molecule has 0 bridgehead atoms. The minimum Gasteiger partial charge on any atom is -0.355 e. The van der Waals surface area contributed by atoms with E-state index in [1.165, 1.54) is 0 Å². The molecule has 1 atom stereocenters. The molecule has 0 fully saturated rings. The average molecular weight is 336 g/mol. The molecule has 1 amide bonds.